The van der Waals surface area contributed by atoms with Gasteiger partial charge in [-0.3, -0.25) is 4.79 Å². The molecule has 2 aromatic heterocycles. The summed E-state index contributed by atoms with van der Waals surface area (Å²) < 4.78 is 10.7. The number of methoxy groups -OCH3 is 1. The predicted octanol–water partition coefficient (Wildman–Crippen LogP) is 3.71. The second-order valence-corrected chi connectivity index (χ2v) is 9.57. The maximum Gasteiger partial charge on any atom is 0.407 e. The number of aromatic nitrogens is 3. The van der Waals surface area contributed by atoms with Gasteiger partial charge >= 0.3 is 6.09 Å². The van der Waals surface area contributed by atoms with Crippen LogP contribution >= 0.6 is 0 Å². The van der Waals surface area contributed by atoms with E-state index < -0.39 is 12.1 Å². The van der Waals surface area contributed by atoms with Gasteiger partial charge in [0.2, 0.25) is 5.89 Å². The summed E-state index contributed by atoms with van der Waals surface area (Å²) in [5.41, 5.74) is 9.09. The molecule has 0 saturated carbocycles. The SMILES string of the molecule is CNC(CN)c1ncc(-c2cccc(-c3cnc([C@@H]4CCCN4C(=O)[C@H](NC(=O)OC)c4ccccc4)[nH]3)c2)o1. The molecule has 0 bridgehead atoms. The molecule has 5 rings (SSSR count). The van der Waals surface area contributed by atoms with Crippen LogP contribution in [0.3, 0.4) is 0 Å². The second-order valence-electron chi connectivity index (χ2n) is 9.57. The molecule has 1 unspecified atom stereocenters. The first kappa shape index (κ1) is 27.1. The van der Waals surface area contributed by atoms with Crippen LogP contribution in [0.5, 0.6) is 0 Å². The van der Waals surface area contributed by atoms with Gasteiger partial charge in [-0.05, 0) is 31.5 Å². The molecule has 2 aromatic carbocycles. The minimum absolute atomic E-state index is 0.159. The van der Waals surface area contributed by atoms with Gasteiger partial charge in [0.25, 0.3) is 5.91 Å². The number of oxazole rings is 1. The molecular formula is C29H33N7O4. The molecule has 4 aromatic rings. The van der Waals surface area contributed by atoms with E-state index in [4.69, 9.17) is 14.9 Å². The van der Waals surface area contributed by atoms with Crippen LogP contribution in [0.2, 0.25) is 0 Å². The number of ether oxygens (including phenoxy) is 1. The number of alkyl carbamates (subject to hydrolysis) is 1. The van der Waals surface area contributed by atoms with Crippen molar-refractivity contribution in [2.45, 2.75) is 31.0 Å². The van der Waals surface area contributed by atoms with Crippen molar-refractivity contribution in [1.82, 2.24) is 30.5 Å². The molecule has 1 saturated heterocycles. The summed E-state index contributed by atoms with van der Waals surface area (Å²) in [6, 6.07) is 15.8. The summed E-state index contributed by atoms with van der Waals surface area (Å²) in [5.74, 6) is 1.66. The Morgan fingerprint density at radius 2 is 1.95 bits per heavy atom. The smallest absolute Gasteiger partial charge is 0.407 e. The monoisotopic (exact) mass is 543 g/mol. The zero-order chi connectivity index (χ0) is 28.1. The summed E-state index contributed by atoms with van der Waals surface area (Å²) in [6.45, 7) is 0.935. The average Bonchev–Trinajstić information content (AvgIpc) is 3.78. The van der Waals surface area contributed by atoms with Crippen molar-refractivity contribution in [1.29, 1.82) is 0 Å². The zero-order valence-corrected chi connectivity index (χ0v) is 22.5. The number of hydrogen-bond donors (Lipinski definition) is 4. The van der Waals surface area contributed by atoms with Gasteiger partial charge in [0, 0.05) is 24.2 Å². The minimum Gasteiger partial charge on any atom is -0.453 e. The molecule has 3 heterocycles. The number of carbonyl (C=O) groups excluding carboxylic acids is 2. The number of likely N-dealkylation sites (N-methyl/N-ethyl adjacent to an activating group) is 1. The van der Waals surface area contributed by atoms with Crippen molar-refractivity contribution in [3.8, 4) is 22.6 Å². The van der Waals surface area contributed by atoms with Crippen LogP contribution in [0.1, 0.15) is 48.2 Å². The van der Waals surface area contributed by atoms with Crippen LogP contribution in [-0.2, 0) is 9.53 Å². The molecule has 3 atom stereocenters. The lowest BCUT2D eigenvalue weighted by molar-refractivity contribution is -0.134. The van der Waals surface area contributed by atoms with Crippen LogP contribution in [0.25, 0.3) is 22.6 Å². The molecule has 40 heavy (non-hydrogen) atoms. The van der Waals surface area contributed by atoms with Crippen LogP contribution in [0, 0.1) is 0 Å². The topological polar surface area (TPSA) is 151 Å². The van der Waals surface area contributed by atoms with Gasteiger partial charge in [-0.2, -0.15) is 0 Å². The summed E-state index contributed by atoms with van der Waals surface area (Å²) in [5, 5.41) is 5.78. The van der Waals surface area contributed by atoms with Gasteiger partial charge in [-0.1, -0.05) is 48.5 Å². The highest BCUT2D eigenvalue weighted by Gasteiger charge is 2.37. The van der Waals surface area contributed by atoms with Crippen LogP contribution < -0.4 is 16.4 Å². The van der Waals surface area contributed by atoms with Gasteiger partial charge in [-0.15, -0.1) is 0 Å². The van der Waals surface area contributed by atoms with Gasteiger partial charge < -0.3 is 35.4 Å². The van der Waals surface area contributed by atoms with E-state index in [0.717, 1.165) is 29.7 Å². The molecule has 11 nitrogen and oxygen atoms in total. The number of hydrogen-bond acceptors (Lipinski definition) is 8. The van der Waals surface area contributed by atoms with Crippen molar-refractivity contribution in [3.63, 3.8) is 0 Å². The number of benzene rings is 2. The minimum atomic E-state index is -0.867. The Bertz CT molecular complexity index is 1450. The molecule has 208 valence electrons. The molecule has 5 N–H and O–H groups in total. The molecule has 1 fully saturated rings. The summed E-state index contributed by atoms with van der Waals surface area (Å²) in [7, 11) is 3.09. The zero-order valence-electron chi connectivity index (χ0n) is 22.5. The normalized spacial score (nSPS) is 16.5. The maximum atomic E-state index is 13.7. The average molecular weight is 544 g/mol. The van der Waals surface area contributed by atoms with E-state index in [-0.39, 0.29) is 18.0 Å². The Morgan fingerprint density at radius 3 is 2.70 bits per heavy atom. The Balaban J connectivity index is 1.37. The molecule has 0 aliphatic carbocycles. The largest absolute Gasteiger partial charge is 0.453 e. The molecule has 0 radical (unpaired) electrons. The van der Waals surface area contributed by atoms with E-state index in [2.05, 4.69) is 25.6 Å². The van der Waals surface area contributed by atoms with E-state index in [0.29, 0.717) is 36.1 Å². The van der Waals surface area contributed by atoms with E-state index in [1.54, 1.807) is 17.3 Å². The fraction of sp³-hybridized carbons (Fsp3) is 0.310. The Kier molecular flexibility index (Phi) is 8.23. The van der Waals surface area contributed by atoms with Gasteiger partial charge in [-0.25, -0.2) is 14.8 Å². The number of aromatic amines is 1. The highest BCUT2D eigenvalue weighted by atomic mass is 16.5. The number of amides is 2. The number of nitrogens with one attached hydrogen (secondary N) is 3. The van der Waals surface area contributed by atoms with Crippen molar-refractivity contribution < 1.29 is 18.7 Å². The Morgan fingerprint density at radius 1 is 1.15 bits per heavy atom. The Hall–Kier alpha value is -4.48. The lowest BCUT2D eigenvalue weighted by Gasteiger charge is -2.28. The highest BCUT2D eigenvalue weighted by molar-refractivity contribution is 5.87. The van der Waals surface area contributed by atoms with Crippen LogP contribution in [0.4, 0.5) is 4.79 Å². The fourth-order valence-electron chi connectivity index (χ4n) is 5.01. The number of imidazole rings is 1. The number of rotatable bonds is 9. The van der Waals surface area contributed by atoms with Crippen LogP contribution in [0.15, 0.2) is 71.4 Å². The predicted molar refractivity (Wildman–Crippen MR) is 149 cm³/mol. The number of H-pyrrole nitrogens is 1. The third-order valence-corrected chi connectivity index (χ3v) is 7.14. The molecule has 0 spiro atoms. The molecule has 2 amide bonds. The first-order valence-corrected chi connectivity index (χ1v) is 13.2. The highest BCUT2D eigenvalue weighted by Crippen LogP contribution is 2.34. The van der Waals surface area contributed by atoms with Crippen LogP contribution in [-0.4, -0.2) is 59.1 Å². The van der Waals surface area contributed by atoms with Crippen molar-refractivity contribution in [2.24, 2.45) is 5.73 Å². The number of carbonyl (C=O) groups is 2. The summed E-state index contributed by atoms with van der Waals surface area (Å²) in [6.07, 6.45) is 4.38. The van der Waals surface area contributed by atoms with Gasteiger partial charge in [0.15, 0.2) is 5.76 Å². The van der Waals surface area contributed by atoms with Gasteiger partial charge in [0.05, 0.1) is 37.3 Å². The van der Waals surface area contributed by atoms with E-state index in [1.807, 2.05) is 61.6 Å². The first-order valence-electron chi connectivity index (χ1n) is 13.2. The Labute approximate surface area is 232 Å². The quantitative estimate of drug-likeness (QED) is 0.249. The van der Waals surface area contributed by atoms with E-state index in [1.165, 1.54) is 7.11 Å². The maximum absolute atomic E-state index is 13.7. The van der Waals surface area contributed by atoms with E-state index >= 15 is 0 Å². The van der Waals surface area contributed by atoms with Crippen molar-refractivity contribution in [2.75, 3.05) is 27.2 Å². The molecular weight excluding hydrogens is 510 g/mol. The van der Waals surface area contributed by atoms with E-state index in [9.17, 15) is 9.59 Å². The molecule has 11 heteroatoms. The lowest BCUT2D eigenvalue weighted by Crippen LogP contribution is -2.42. The fourth-order valence-corrected chi connectivity index (χ4v) is 5.01. The lowest BCUT2D eigenvalue weighted by atomic mass is 10.0. The molecule has 1 aliphatic rings. The van der Waals surface area contributed by atoms with Crippen molar-refractivity contribution in [3.05, 3.63) is 84.3 Å². The number of nitrogens with two attached hydrogens (primary N) is 1. The first-order chi connectivity index (χ1) is 19.5. The molecule has 1 aliphatic heterocycles. The third kappa shape index (κ3) is 5.61. The summed E-state index contributed by atoms with van der Waals surface area (Å²) in [4.78, 5) is 40.0. The standard InChI is InChI=1S/C29H33N7O4/c1-31-21(15-30)27-33-17-24(40-27)20-11-6-10-19(14-20)22-16-32-26(34-22)23-12-7-13-36(23)28(37)25(35-29(38)39-2)18-8-4-3-5-9-18/h3-6,8-11,14,16-17,21,23,25,31H,7,12-13,15,30H2,1-2H3,(H,32,34)(H,35,38)/t21?,23-,25+/m0/s1. The third-order valence-electron chi connectivity index (χ3n) is 7.14. The number of likely N-dealkylation sites (tertiary alicyclic amines) is 1. The second kappa shape index (κ2) is 12.1. The summed E-state index contributed by atoms with van der Waals surface area (Å²) >= 11 is 0. The van der Waals surface area contributed by atoms with Gasteiger partial charge in [0.1, 0.15) is 11.9 Å². The van der Waals surface area contributed by atoms with Crippen molar-refractivity contribution >= 4 is 12.0 Å². The number of nitrogens with zero attached hydrogens (tertiary/aromatic N) is 3.